The molecule has 1 N–H and O–H groups in total. The second-order valence-corrected chi connectivity index (χ2v) is 10.5. The fourth-order valence-electron chi connectivity index (χ4n) is 4.20. The summed E-state index contributed by atoms with van der Waals surface area (Å²) in [6, 6.07) is 18.4. The molecule has 5 rings (SSSR count). The summed E-state index contributed by atoms with van der Waals surface area (Å²) in [4.78, 5) is 34.3. The highest BCUT2D eigenvalue weighted by Gasteiger charge is 2.27. The third-order valence-electron chi connectivity index (χ3n) is 6.07. The molecule has 2 aromatic carbocycles. The maximum atomic E-state index is 13.0. The molecular weight excluding hydrogens is 492 g/mol. The van der Waals surface area contributed by atoms with Gasteiger partial charge in [0.1, 0.15) is 0 Å². The number of amides is 1. The van der Waals surface area contributed by atoms with E-state index in [1.165, 1.54) is 28.6 Å². The number of rotatable bonds is 7. The van der Waals surface area contributed by atoms with E-state index in [-0.39, 0.29) is 10.5 Å². The molecule has 10 heteroatoms. The first-order valence-electron chi connectivity index (χ1n) is 11.8. The van der Waals surface area contributed by atoms with Gasteiger partial charge in [-0.1, -0.05) is 18.2 Å². The summed E-state index contributed by atoms with van der Waals surface area (Å²) in [6.45, 7) is 0.525. The summed E-state index contributed by atoms with van der Waals surface area (Å²) in [5.41, 5.74) is 2.61. The molecule has 3 heterocycles. The number of aromatic nitrogens is 2. The van der Waals surface area contributed by atoms with Gasteiger partial charge in [-0.3, -0.25) is 9.78 Å². The van der Waals surface area contributed by atoms with Crippen molar-refractivity contribution in [2.75, 3.05) is 25.0 Å². The van der Waals surface area contributed by atoms with Gasteiger partial charge in [0.05, 0.1) is 21.7 Å². The van der Waals surface area contributed by atoms with Crippen molar-refractivity contribution < 1.29 is 22.7 Å². The lowest BCUT2D eigenvalue weighted by Gasteiger charge is -2.15. The zero-order chi connectivity index (χ0) is 25.8. The van der Waals surface area contributed by atoms with Crippen LogP contribution >= 0.6 is 0 Å². The van der Waals surface area contributed by atoms with Crippen LogP contribution in [0.15, 0.2) is 84.0 Å². The molecule has 1 aliphatic heterocycles. The molecule has 0 aliphatic carbocycles. The van der Waals surface area contributed by atoms with Crippen molar-refractivity contribution in [1.29, 1.82) is 0 Å². The molecule has 0 bridgehead atoms. The zero-order valence-electron chi connectivity index (χ0n) is 19.8. The molecule has 9 nitrogen and oxygen atoms in total. The van der Waals surface area contributed by atoms with Gasteiger partial charge in [-0.15, -0.1) is 0 Å². The molecule has 188 valence electrons. The summed E-state index contributed by atoms with van der Waals surface area (Å²) < 4.78 is 32.1. The highest BCUT2D eigenvalue weighted by atomic mass is 32.2. The number of carbonyl (C=O) groups excluding carboxylic acids is 2. The summed E-state index contributed by atoms with van der Waals surface area (Å²) in [5.74, 6) is -1.21. The molecule has 2 aromatic heterocycles. The van der Waals surface area contributed by atoms with Crippen molar-refractivity contribution >= 4 is 38.5 Å². The van der Waals surface area contributed by atoms with E-state index in [1.807, 2.05) is 12.1 Å². The molecule has 0 unspecified atom stereocenters. The highest BCUT2D eigenvalue weighted by molar-refractivity contribution is 7.89. The van der Waals surface area contributed by atoms with Crippen molar-refractivity contribution in [3.63, 3.8) is 0 Å². The van der Waals surface area contributed by atoms with E-state index in [9.17, 15) is 18.0 Å². The van der Waals surface area contributed by atoms with Crippen molar-refractivity contribution in [2.24, 2.45) is 0 Å². The number of hydrogen-bond donors (Lipinski definition) is 1. The zero-order valence-corrected chi connectivity index (χ0v) is 20.6. The second-order valence-electron chi connectivity index (χ2n) is 8.57. The lowest BCUT2D eigenvalue weighted by molar-refractivity contribution is -0.119. The van der Waals surface area contributed by atoms with E-state index in [0.29, 0.717) is 35.4 Å². The molecule has 0 spiro atoms. The monoisotopic (exact) mass is 516 g/mol. The molecule has 0 radical (unpaired) electrons. The van der Waals surface area contributed by atoms with Crippen LogP contribution in [0.5, 0.6) is 0 Å². The molecule has 1 fully saturated rings. The van der Waals surface area contributed by atoms with Crippen molar-refractivity contribution in [3.05, 3.63) is 84.7 Å². The number of sulfonamides is 1. The van der Waals surface area contributed by atoms with Gasteiger partial charge < -0.3 is 10.1 Å². The molecular formula is C27H24N4O5S. The third-order valence-corrected chi connectivity index (χ3v) is 7.98. The van der Waals surface area contributed by atoms with E-state index in [1.54, 1.807) is 42.7 Å². The molecule has 0 atom stereocenters. The van der Waals surface area contributed by atoms with Crippen LogP contribution in [-0.2, 0) is 19.6 Å². The van der Waals surface area contributed by atoms with Crippen LogP contribution in [0.2, 0.25) is 0 Å². The Morgan fingerprint density at radius 1 is 0.973 bits per heavy atom. The molecule has 37 heavy (non-hydrogen) atoms. The van der Waals surface area contributed by atoms with E-state index >= 15 is 0 Å². The van der Waals surface area contributed by atoms with Crippen LogP contribution in [0.25, 0.3) is 22.2 Å². The van der Waals surface area contributed by atoms with Crippen molar-refractivity contribution in [1.82, 2.24) is 14.3 Å². The fraction of sp³-hybridized carbons (Fsp3) is 0.185. The Labute approximate surface area is 214 Å². The van der Waals surface area contributed by atoms with Gasteiger partial charge in [-0.2, -0.15) is 4.31 Å². The molecule has 1 saturated heterocycles. The van der Waals surface area contributed by atoms with E-state index in [4.69, 9.17) is 4.74 Å². The molecule has 0 saturated carbocycles. The summed E-state index contributed by atoms with van der Waals surface area (Å²) >= 11 is 0. The molecule has 4 aromatic rings. The van der Waals surface area contributed by atoms with Crippen LogP contribution in [0.4, 0.5) is 5.69 Å². The number of anilines is 1. The van der Waals surface area contributed by atoms with Gasteiger partial charge in [0, 0.05) is 42.1 Å². The van der Waals surface area contributed by atoms with Crippen LogP contribution < -0.4 is 5.32 Å². The van der Waals surface area contributed by atoms with Crippen LogP contribution in [0.1, 0.15) is 23.2 Å². The van der Waals surface area contributed by atoms with Gasteiger partial charge in [-0.05, 0) is 61.4 Å². The predicted octanol–water partition coefficient (Wildman–Crippen LogP) is 3.88. The van der Waals surface area contributed by atoms with Crippen molar-refractivity contribution in [2.45, 2.75) is 17.7 Å². The van der Waals surface area contributed by atoms with Crippen LogP contribution in [0, 0.1) is 0 Å². The summed E-state index contributed by atoms with van der Waals surface area (Å²) in [5, 5.41) is 3.23. The smallest absolute Gasteiger partial charge is 0.339 e. The Hall–Kier alpha value is -4.15. The number of nitrogens with one attached hydrogen (secondary N) is 1. The highest BCUT2D eigenvalue weighted by Crippen LogP contribution is 2.25. The Kier molecular flexibility index (Phi) is 6.93. The number of carbonyl (C=O) groups is 2. The summed E-state index contributed by atoms with van der Waals surface area (Å²) in [6.07, 6.45) is 5.01. The standard InChI is InChI=1S/C27H24N4O5S/c32-26(29-20-9-11-21(12-10-20)37(34,35)31-14-3-4-15-31)18-36-27(33)23-16-25(19-6-5-13-28-17-19)30-24-8-2-1-7-22(23)24/h1-2,5-13,16-17H,3-4,14-15,18H2,(H,29,32). The van der Waals surface area contributed by atoms with E-state index in [2.05, 4.69) is 15.3 Å². The molecule has 1 amide bonds. The Balaban J connectivity index is 1.26. The first-order valence-corrected chi connectivity index (χ1v) is 13.2. The van der Waals surface area contributed by atoms with E-state index < -0.39 is 28.5 Å². The fourth-order valence-corrected chi connectivity index (χ4v) is 5.72. The average Bonchev–Trinajstić information content (AvgIpc) is 3.48. The number of pyridine rings is 2. The van der Waals surface area contributed by atoms with Crippen LogP contribution in [0.3, 0.4) is 0 Å². The maximum Gasteiger partial charge on any atom is 0.339 e. The number of esters is 1. The SMILES string of the molecule is O=C(COC(=O)c1cc(-c2cccnc2)nc2ccccc12)Nc1ccc(S(=O)(=O)N2CCCC2)cc1. The largest absolute Gasteiger partial charge is 0.452 e. The maximum absolute atomic E-state index is 13.0. The first-order chi connectivity index (χ1) is 17.9. The van der Waals surface area contributed by atoms with Gasteiger partial charge in [0.2, 0.25) is 10.0 Å². The summed E-state index contributed by atoms with van der Waals surface area (Å²) in [7, 11) is -3.54. The number of hydrogen-bond acceptors (Lipinski definition) is 7. The number of fused-ring (bicyclic) bond motifs is 1. The van der Waals surface area contributed by atoms with Crippen molar-refractivity contribution in [3.8, 4) is 11.3 Å². The Bertz CT molecular complexity index is 1550. The topological polar surface area (TPSA) is 119 Å². The predicted molar refractivity (Wildman–Crippen MR) is 138 cm³/mol. The van der Waals surface area contributed by atoms with Gasteiger partial charge in [0.25, 0.3) is 5.91 Å². The Morgan fingerprint density at radius 2 is 1.73 bits per heavy atom. The number of para-hydroxylation sites is 1. The molecule has 1 aliphatic rings. The lowest BCUT2D eigenvalue weighted by Crippen LogP contribution is -2.27. The lowest BCUT2D eigenvalue weighted by atomic mass is 10.1. The Morgan fingerprint density at radius 3 is 2.46 bits per heavy atom. The minimum absolute atomic E-state index is 0.174. The van der Waals surface area contributed by atoms with E-state index in [0.717, 1.165) is 18.4 Å². The quantitative estimate of drug-likeness (QED) is 0.370. The number of ether oxygens (including phenoxy) is 1. The minimum Gasteiger partial charge on any atom is -0.452 e. The van der Waals surface area contributed by atoms with Gasteiger partial charge >= 0.3 is 5.97 Å². The first kappa shape index (κ1) is 24.5. The number of benzene rings is 2. The number of nitrogens with zero attached hydrogens (tertiary/aromatic N) is 3. The van der Waals surface area contributed by atoms with Gasteiger partial charge in [-0.25, -0.2) is 18.2 Å². The average molecular weight is 517 g/mol. The third kappa shape index (κ3) is 5.35. The van der Waals surface area contributed by atoms with Gasteiger partial charge in [0.15, 0.2) is 6.61 Å². The minimum atomic E-state index is -3.54. The second kappa shape index (κ2) is 10.5. The van der Waals surface area contributed by atoms with Crippen LogP contribution in [-0.4, -0.2) is 54.3 Å². The normalized spacial score (nSPS) is 13.9.